The summed E-state index contributed by atoms with van der Waals surface area (Å²) in [6.07, 6.45) is 12.7. The Kier molecular flexibility index (Phi) is 3.92. The number of hydrogen-bond donors (Lipinski definition) is 1. The Morgan fingerprint density at radius 3 is 2.64 bits per heavy atom. The van der Waals surface area contributed by atoms with Gasteiger partial charge in [0, 0.05) is 11.8 Å². The predicted octanol–water partition coefficient (Wildman–Crippen LogP) is 4.92. The molecule has 0 bridgehead atoms. The van der Waals surface area contributed by atoms with Gasteiger partial charge in [0.25, 0.3) is 0 Å². The van der Waals surface area contributed by atoms with Crippen LogP contribution in [0.1, 0.15) is 65.2 Å². The highest BCUT2D eigenvalue weighted by atomic mass is 32.1. The fourth-order valence-electron chi connectivity index (χ4n) is 7.47. The number of allylic oxidation sites excluding steroid dienone is 2. The van der Waals surface area contributed by atoms with Gasteiger partial charge in [-0.2, -0.15) is 0 Å². The van der Waals surface area contributed by atoms with E-state index in [4.69, 9.17) is 13.7 Å². The highest BCUT2D eigenvalue weighted by molar-refractivity contribution is 7.75. The Morgan fingerprint density at radius 1 is 1.08 bits per heavy atom. The summed E-state index contributed by atoms with van der Waals surface area (Å²) in [6, 6.07) is 0. The summed E-state index contributed by atoms with van der Waals surface area (Å²) in [4.78, 5) is 0. The van der Waals surface area contributed by atoms with Crippen molar-refractivity contribution in [2.75, 3.05) is 13.2 Å². The van der Waals surface area contributed by atoms with Gasteiger partial charge in [0.1, 0.15) is 0 Å². The lowest BCUT2D eigenvalue weighted by Crippen LogP contribution is -2.53. The molecule has 0 radical (unpaired) electrons. The summed E-state index contributed by atoms with van der Waals surface area (Å²) >= 11 is 4.10. The third-order valence-corrected chi connectivity index (χ3v) is 9.22. The normalized spacial score (nSPS) is 50.9. The van der Waals surface area contributed by atoms with Crippen LogP contribution in [0.4, 0.5) is 0 Å². The molecule has 5 aliphatic rings. The summed E-state index contributed by atoms with van der Waals surface area (Å²) in [5.41, 5.74) is 2.31. The monoisotopic (exact) mass is 364 g/mol. The smallest absolute Gasteiger partial charge is 0.174 e. The Morgan fingerprint density at radius 2 is 1.88 bits per heavy atom. The fourth-order valence-corrected chi connectivity index (χ4v) is 7.66. The largest absolute Gasteiger partial charge is 0.347 e. The number of fused-ring (bicyclic) bond motifs is 6. The van der Waals surface area contributed by atoms with E-state index in [1.807, 2.05) is 0 Å². The fraction of sp³-hybridized carbons (Fsp3) is 0.905. The van der Waals surface area contributed by atoms with Crippen molar-refractivity contribution in [3.8, 4) is 0 Å². The van der Waals surface area contributed by atoms with Gasteiger partial charge in [0.15, 0.2) is 5.79 Å². The van der Waals surface area contributed by atoms with Gasteiger partial charge in [0.2, 0.25) is 0 Å². The molecule has 1 heterocycles. The average molecular weight is 365 g/mol. The van der Waals surface area contributed by atoms with Gasteiger partial charge in [-0.25, -0.2) is 0 Å². The minimum absolute atomic E-state index is 0.159. The third kappa shape index (κ3) is 2.17. The third-order valence-electron chi connectivity index (χ3n) is 8.93. The van der Waals surface area contributed by atoms with E-state index >= 15 is 0 Å². The van der Waals surface area contributed by atoms with Crippen molar-refractivity contribution in [1.29, 1.82) is 0 Å². The van der Waals surface area contributed by atoms with Gasteiger partial charge in [-0.1, -0.05) is 25.5 Å². The summed E-state index contributed by atoms with van der Waals surface area (Å²) in [5, 5.41) is 0. The van der Waals surface area contributed by atoms with Crippen LogP contribution in [0.3, 0.4) is 0 Å². The van der Waals surface area contributed by atoms with E-state index in [0.717, 1.165) is 50.2 Å². The maximum absolute atomic E-state index is 6.24. The molecule has 0 aromatic carbocycles. The minimum Gasteiger partial charge on any atom is -0.347 e. The molecule has 4 fully saturated rings. The second-order valence-corrected chi connectivity index (χ2v) is 9.89. The van der Waals surface area contributed by atoms with Crippen LogP contribution in [0, 0.1) is 28.6 Å². The van der Waals surface area contributed by atoms with Crippen molar-refractivity contribution in [3.63, 3.8) is 0 Å². The maximum Gasteiger partial charge on any atom is 0.174 e. The van der Waals surface area contributed by atoms with E-state index in [1.54, 1.807) is 5.57 Å². The van der Waals surface area contributed by atoms with Gasteiger partial charge in [-0.05, 0) is 81.0 Å². The molecule has 5 rings (SSSR count). The topological polar surface area (TPSA) is 27.7 Å². The standard InChI is InChI=1S/C21H32O3S/c1-19-8-5-15(24-25)13-14(19)3-4-16-17(19)6-9-20(2)18(16)7-10-21(20)22-11-12-23-21/h6,14-16,18,25H,3-5,7-13H2,1-2H3/t14-,15-,16?,18?,19+,20+/m1/s1. The first-order chi connectivity index (χ1) is 12.0. The molecule has 3 saturated carbocycles. The molecular formula is C21H32O3S. The summed E-state index contributed by atoms with van der Waals surface area (Å²) in [5.74, 6) is 1.93. The van der Waals surface area contributed by atoms with Crippen LogP contribution >= 0.6 is 12.9 Å². The maximum atomic E-state index is 6.24. The van der Waals surface area contributed by atoms with Gasteiger partial charge >= 0.3 is 0 Å². The molecule has 0 amide bonds. The Hall–Kier alpha value is -0.0300. The molecule has 6 atom stereocenters. The molecule has 4 aliphatic carbocycles. The second-order valence-electron chi connectivity index (χ2n) is 9.68. The van der Waals surface area contributed by atoms with E-state index in [0.29, 0.717) is 11.5 Å². The second kappa shape index (κ2) is 5.73. The Labute approximate surface area is 157 Å². The molecule has 3 nitrogen and oxygen atoms in total. The van der Waals surface area contributed by atoms with E-state index in [-0.39, 0.29) is 11.2 Å². The van der Waals surface area contributed by atoms with Crippen molar-refractivity contribution < 1.29 is 13.7 Å². The average Bonchev–Trinajstić information content (AvgIpc) is 3.21. The van der Waals surface area contributed by atoms with E-state index in [2.05, 4.69) is 32.8 Å². The van der Waals surface area contributed by atoms with E-state index in [1.165, 1.54) is 32.1 Å². The SMILES string of the molecule is C[C@]12CC=C3C(CC[C@@H]4C[C@H](OS)CC[C@]34C)C1CCC21OCCO1. The van der Waals surface area contributed by atoms with Crippen LogP contribution in [-0.2, 0) is 13.7 Å². The zero-order valence-electron chi connectivity index (χ0n) is 15.6. The van der Waals surface area contributed by atoms with Crippen molar-refractivity contribution >= 4 is 12.9 Å². The van der Waals surface area contributed by atoms with Gasteiger partial charge in [-0.15, -0.1) is 0 Å². The first-order valence-electron chi connectivity index (χ1n) is 10.3. The minimum atomic E-state index is -0.297. The lowest BCUT2D eigenvalue weighted by atomic mass is 9.49. The van der Waals surface area contributed by atoms with Crippen LogP contribution in [0.15, 0.2) is 11.6 Å². The molecule has 0 aromatic rings. The first-order valence-corrected chi connectivity index (χ1v) is 10.7. The zero-order chi connectivity index (χ0) is 17.3. The number of hydrogen-bond acceptors (Lipinski definition) is 4. The van der Waals surface area contributed by atoms with Crippen LogP contribution < -0.4 is 0 Å². The lowest BCUT2D eigenvalue weighted by Gasteiger charge is -2.57. The van der Waals surface area contributed by atoms with Crippen molar-refractivity contribution in [3.05, 3.63) is 11.6 Å². The summed E-state index contributed by atoms with van der Waals surface area (Å²) in [7, 11) is 0. The van der Waals surface area contributed by atoms with Gasteiger partial charge in [0.05, 0.1) is 19.3 Å². The molecular weight excluding hydrogens is 332 g/mol. The van der Waals surface area contributed by atoms with E-state index in [9.17, 15) is 0 Å². The zero-order valence-corrected chi connectivity index (χ0v) is 16.5. The molecule has 140 valence electrons. The Balaban J connectivity index is 1.48. The van der Waals surface area contributed by atoms with Crippen LogP contribution in [0.2, 0.25) is 0 Å². The summed E-state index contributed by atoms with van der Waals surface area (Å²) in [6.45, 7) is 6.53. The van der Waals surface area contributed by atoms with Gasteiger partial charge in [-0.3, -0.25) is 0 Å². The highest BCUT2D eigenvalue weighted by Gasteiger charge is 2.65. The van der Waals surface area contributed by atoms with Crippen molar-refractivity contribution in [2.45, 2.75) is 77.1 Å². The molecule has 2 unspecified atom stereocenters. The molecule has 4 heteroatoms. The number of thiol groups is 1. The highest BCUT2D eigenvalue weighted by Crippen LogP contribution is 2.67. The lowest BCUT2D eigenvalue weighted by molar-refractivity contribution is -0.229. The molecule has 1 spiro atoms. The predicted molar refractivity (Wildman–Crippen MR) is 100 cm³/mol. The van der Waals surface area contributed by atoms with Crippen LogP contribution in [0.25, 0.3) is 0 Å². The van der Waals surface area contributed by atoms with Crippen molar-refractivity contribution in [2.24, 2.45) is 28.6 Å². The molecule has 0 N–H and O–H groups in total. The number of rotatable bonds is 1. The Bertz CT molecular complexity index is 584. The van der Waals surface area contributed by atoms with Crippen molar-refractivity contribution in [1.82, 2.24) is 0 Å². The number of ether oxygens (including phenoxy) is 2. The van der Waals surface area contributed by atoms with Crippen LogP contribution in [-0.4, -0.2) is 25.1 Å². The molecule has 0 aromatic heterocycles. The van der Waals surface area contributed by atoms with E-state index < -0.39 is 0 Å². The molecule has 25 heavy (non-hydrogen) atoms. The quantitative estimate of drug-likeness (QED) is 0.406. The van der Waals surface area contributed by atoms with Crippen LogP contribution in [0.5, 0.6) is 0 Å². The van der Waals surface area contributed by atoms with Gasteiger partial charge < -0.3 is 13.7 Å². The molecule has 1 saturated heterocycles. The first kappa shape index (κ1) is 17.1. The summed E-state index contributed by atoms with van der Waals surface area (Å²) < 4.78 is 17.9. The molecule has 1 aliphatic heterocycles.